The third-order valence-corrected chi connectivity index (χ3v) is 6.93. The van der Waals surface area contributed by atoms with Crippen molar-refractivity contribution >= 4 is 17.7 Å². The largest absolute Gasteiger partial charge is 0.347 e. The molecule has 0 radical (unpaired) electrons. The first-order valence-corrected chi connectivity index (χ1v) is 11.4. The average Bonchev–Trinajstić information content (AvgIpc) is 2.73. The fourth-order valence-corrected chi connectivity index (χ4v) is 4.87. The summed E-state index contributed by atoms with van der Waals surface area (Å²) >= 11 is 0. The van der Waals surface area contributed by atoms with Crippen LogP contribution in [0, 0.1) is 17.8 Å². The van der Waals surface area contributed by atoms with Gasteiger partial charge >= 0.3 is 0 Å². The van der Waals surface area contributed by atoms with Crippen LogP contribution in [0.25, 0.3) is 0 Å². The maximum atomic E-state index is 12.7. The van der Waals surface area contributed by atoms with Gasteiger partial charge in [-0.2, -0.15) is 0 Å². The summed E-state index contributed by atoms with van der Waals surface area (Å²) in [5, 5.41) is 2.81. The van der Waals surface area contributed by atoms with E-state index in [-0.39, 0.29) is 30.2 Å². The molecule has 0 aromatic heterocycles. The van der Waals surface area contributed by atoms with Gasteiger partial charge in [-0.05, 0) is 50.4 Å². The first kappa shape index (κ1) is 21.1. The first-order valence-electron chi connectivity index (χ1n) is 11.4. The Balaban J connectivity index is 1.34. The molecule has 2 saturated heterocycles. The zero-order valence-electron chi connectivity index (χ0n) is 17.5. The van der Waals surface area contributed by atoms with Crippen molar-refractivity contribution in [3.63, 3.8) is 0 Å². The minimum absolute atomic E-state index is 0.00430. The van der Waals surface area contributed by atoms with Crippen molar-refractivity contribution in [3.05, 3.63) is 0 Å². The SMILES string of the molecule is CC1CCN(C(=O)C2CCN(C(=O)CNC(=O)CC3CCCCC3)CC2)CC1. The maximum absolute atomic E-state index is 12.7. The van der Waals surface area contributed by atoms with Crippen LogP contribution in [0.4, 0.5) is 0 Å². The highest BCUT2D eigenvalue weighted by atomic mass is 16.2. The summed E-state index contributed by atoms with van der Waals surface area (Å²) < 4.78 is 0. The lowest BCUT2D eigenvalue weighted by Gasteiger charge is -2.36. The number of carbonyl (C=O) groups is 3. The Bertz CT molecular complexity index is 543. The van der Waals surface area contributed by atoms with E-state index < -0.39 is 0 Å². The highest BCUT2D eigenvalue weighted by Gasteiger charge is 2.31. The van der Waals surface area contributed by atoms with Gasteiger partial charge in [0.2, 0.25) is 17.7 Å². The number of carbonyl (C=O) groups excluding carboxylic acids is 3. The third kappa shape index (κ3) is 5.95. The Morgan fingerprint density at radius 2 is 1.43 bits per heavy atom. The van der Waals surface area contributed by atoms with Crippen molar-refractivity contribution in [1.29, 1.82) is 0 Å². The molecule has 1 aliphatic carbocycles. The standard InChI is InChI=1S/C22H37N3O3/c1-17-7-11-25(12-8-17)22(28)19-9-13-24(14-10-19)21(27)16-23-20(26)15-18-5-3-2-4-6-18/h17-19H,2-16H2,1H3,(H,23,26). The highest BCUT2D eigenvalue weighted by Crippen LogP contribution is 2.26. The zero-order chi connectivity index (χ0) is 19.9. The zero-order valence-corrected chi connectivity index (χ0v) is 17.5. The van der Waals surface area contributed by atoms with E-state index in [2.05, 4.69) is 12.2 Å². The van der Waals surface area contributed by atoms with E-state index in [0.717, 1.165) is 57.5 Å². The highest BCUT2D eigenvalue weighted by molar-refractivity contribution is 5.85. The first-order chi connectivity index (χ1) is 13.5. The molecule has 1 saturated carbocycles. The van der Waals surface area contributed by atoms with Gasteiger partial charge in [0, 0.05) is 38.5 Å². The van der Waals surface area contributed by atoms with Gasteiger partial charge in [-0.15, -0.1) is 0 Å². The quantitative estimate of drug-likeness (QED) is 0.783. The van der Waals surface area contributed by atoms with Gasteiger partial charge in [-0.1, -0.05) is 26.2 Å². The number of nitrogens with zero attached hydrogens (tertiary/aromatic N) is 2. The van der Waals surface area contributed by atoms with E-state index in [1.165, 1.54) is 19.3 Å². The minimum atomic E-state index is -0.0188. The molecule has 28 heavy (non-hydrogen) atoms. The van der Waals surface area contributed by atoms with Crippen LogP contribution in [0.2, 0.25) is 0 Å². The predicted octanol–water partition coefficient (Wildman–Crippen LogP) is 2.57. The second kappa shape index (κ2) is 10.3. The van der Waals surface area contributed by atoms with Gasteiger partial charge in [0.25, 0.3) is 0 Å². The number of amides is 3. The second-order valence-electron chi connectivity index (χ2n) is 9.15. The van der Waals surface area contributed by atoms with Crippen LogP contribution < -0.4 is 5.32 Å². The van der Waals surface area contributed by atoms with Crippen LogP contribution in [0.5, 0.6) is 0 Å². The Kier molecular flexibility index (Phi) is 7.74. The molecular weight excluding hydrogens is 354 g/mol. The average molecular weight is 392 g/mol. The van der Waals surface area contributed by atoms with Crippen LogP contribution >= 0.6 is 0 Å². The Hall–Kier alpha value is -1.59. The molecule has 0 bridgehead atoms. The van der Waals surface area contributed by atoms with Crippen molar-refractivity contribution in [2.45, 2.75) is 71.1 Å². The summed E-state index contributed by atoms with van der Waals surface area (Å²) in [5.41, 5.74) is 0. The van der Waals surface area contributed by atoms with Crippen LogP contribution in [0.3, 0.4) is 0 Å². The number of nitrogens with one attached hydrogen (secondary N) is 1. The van der Waals surface area contributed by atoms with E-state index in [0.29, 0.717) is 25.4 Å². The van der Waals surface area contributed by atoms with Gasteiger partial charge < -0.3 is 15.1 Å². The summed E-state index contributed by atoms with van der Waals surface area (Å²) in [6, 6.07) is 0. The fourth-order valence-electron chi connectivity index (χ4n) is 4.87. The van der Waals surface area contributed by atoms with Gasteiger partial charge in [-0.3, -0.25) is 14.4 Å². The molecule has 6 nitrogen and oxygen atoms in total. The van der Waals surface area contributed by atoms with E-state index in [9.17, 15) is 14.4 Å². The number of rotatable bonds is 5. The molecule has 3 rings (SSSR count). The van der Waals surface area contributed by atoms with Crippen LogP contribution in [-0.2, 0) is 14.4 Å². The van der Waals surface area contributed by atoms with Gasteiger partial charge in [0.15, 0.2) is 0 Å². The fraction of sp³-hybridized carbons (Fsp3) is 0.864. The van der Waals surface area contributed by atoms with E-state index >= 15 is 0 Å². The molecule has 0 aromatic rings. The third-order valence-electron chi connectivity index (χ3n) is 6.93. The van der Waals surface area contributed by atoms with Crippen LogP contribution in [0.15, 0.2) is 0 Å². The molecule has 3 fully saturated rings. The molecule has 0 unspecified atom stereocenters. The van der Waals surface area contributed by atoms with Crippen molar-refractivity contribution in [1.82, 2.24) is 15.1 Å². The van der Waals surface area contributed by atoms with Crippen molar-refractivity contribution < 1.29 is 14.4 Å². The van der Waals surface area contributed by atoms with E-state index in [4.69, 9.17) is 0 Å². The molecule has 6 heteroatoms. The van der Waals surface area contributed by atoms with Crippen molar-refractivity contribution in [2.24, 2.45) is 17.8 Å². The molecule has 3 aliphatic rings. The minimum Gasteiger partial charge on any atom is -0.347 e. The molecule has 0 aromatic carbocycles. The lowest BCUT2D eigenvalue weighted by atomic mass is 9.87. The van der Waals surface area contributed by atoms with E-state index in [1.54, 1.807) is 0 Å². The number of hydrogen-bond donors (Lipinski definition) is 1. The number of piperidine rings is 2. The summed E-state index contributed by atoms with van der Waals surface area (Å²) in [4.78, 5) is 41.1. The smallest absolute Gasteiger partial charge is 0.241 e. The predicted molar refractivity (Wildman–Crippen MR) is 108 cm³/mol. The molecule has 1 N–H and O–H groups in total. The molecular formula is C22H37N3O3. The summed E-state index contributed by atoms with van der Waals surface area (Å²) in [7, 11) is 0. The molecule has 0 spiro atoms. The Labute approximate surface area is 169 Å². The van der Waals surface area contributed by atoms with E-state index in [1.807, 2.05) is 9.80 Å². The Morgan fingerprint density at radius 1 is 0.821 bits per heavy atom. The number of likely N-dealkylation sites (tertiary alicyclic amines) is 2. The lowest BCUT2D eigenvalue weighted by Crippen LogP contribution is -2.48. The van der Waals surface area contributed by atoms with Crippen molar-refractivity contribution in [3.8, 4) is 0 Å². The summed E-state index contributed by atoms with van der Waals surface area (Å²) in [6.45, 7) is 5.35. The number of hydrogen-bond acceptors (Lipinski definition) is 3. The normalized spacial score (nSPS) is 22.9. The lowest BCUT2D eigenvalue weighted by molar-refractivity contribution is -0.141. The topological polar surface area (TPSA) is 69.7 Å². The van der Waals surface area contributed by atoms with Gasteiger partial charge in [0.05, 0.1) is 6.54 Å². The summed E-state index contributed by atoms with van der Waals surface area (Å²) in [6.07, 6.45) is 10.2. The van der Waals surface area contributed by atoms with Crippen molar-refractivity contribution in [2.75, 3.05) is 32.7 Å². The molecule has 2 aliphatic heterocycles. The molecule has 2 heterocycles. The van der Waals surface area contributed by atoms with Crippen LogP contribution in [-0.4, -0.2) is 60.2 Å². The van der Waals surface area contributed by atoms with Gasteiger partial charge in [0.1, 0.15) is 0 Å². The van der Waals surface area contributed by atoms with Gasteiger partial charge in [-0.25, -0.2) is 0 Å². The maximum Gasteiger partial charge on any atom is 0.241 e. The Morgan fingerprint density at radius 3 is 2.07 bits per heavy atom. The molecule has 0 atom stereocenters. The monoisotopic (exact) mass is 391 g/mol. The second-order valence-corrected chi connectivity index (χ2v) is 9.15. The summed E-state index contributed by atoms with van der Waals surface area (Å²) in [5.74, 6) is 1.53. The van der Waals surface area contributed by atoms with Crippen LogP contribution in [0.1, 0.15) is 71.1 Å². The molecule has 3 amide bonds. The molecule has 158 valence electrons.